The highest BCUT2D eigenvalue weighted by Gasteiger charge is 2.32. The third kappa shape index (κ3) is 3.54. The van der Waals surface area contributed by atoms with Crippen LogP contribution in [0.3, 0.4) is 0 Å². The van der Waals surface area contributed by atoms with Crippen molar-refractivity contribution >= 4 is 0 Å². The molecule has 1 fully saturated rings. The van der Waals surface area contributed by atoms with Crippen LogP contribution < -0.4 is 5.32 Å². The number of hydrogen-bond donors (Lipinski definition) is 1. The van der Waals surface area contributed by atoms with Gasteiger partial charge in [0, 0.05) is 6.61 Å². The first-order chi connectivity index (χ1) is 9.02. The molecule has 19 heavy (non-hydrogen) atoms. The largest absolute Gasteiger partial charge is 0.370 e. The van der Waals surface area contributed by atoms with E-state index in [0.717, 1.165) is 13.0 Å². The van der Waals surface area contributed by atoms with Crippen LogP contribution in [-0.2, 0) is 4.74 Å². The molecule has 2 rings (SSSR count). The minimum atomic E-state index is -0.126. The van der Waals surface area contributed by atoms with Crippen molar-refractivity contribution in [3.63, 3.8) is 0 Å². The van der Waals surface area contributed by atoms with Gasteiger partial charge in [-0.25, -0.2) is 0 Å². The molecule has 1 N–H and O–H groups in total. The average molecular weight is 267 g/mol. The molecule has 5 nitrogen and oxygen atoms in total. The first-order valence-corrected chi connectivity index (χ1v) is 7.21. The van der Waals surface area contributed by atoms with E-state index in [4.69, 9.17) is 9.26 Å². The van der Waals surface area contributed by atoms with Crippen LogP contribution in [0.5, 0.6) is 0 Å². The van der Waals surface area contributed by atoms with Crippen LogP contribution in [0, 0.1) is 5.41 Å². The first kappa shape index (κ1) is 14.5. The summed E-state index contributed by atoms with van der Waals surface area (Å²) in [5.41, 5.74) is -0.0445. The molecule has 0 spiro atoms. The maximum atomic E-state index is 5.79. The fraction of sp³-hybridized carbons (Fsp3) is 0.857. The van der Waals surface area contributed by atoms with E-state index in [1.165, 1.54) is 12.8 Å². The zero-order chi connectivity index (χ0) is 13.9. The maximum Gasteiger partial charge on any atom is 0.243 e. The van der Waals surface area contributed by atoms with E-state index in [0.29, 0.717) is 18.3 Å². The van der Waals surface area contributed by atoms with Crippen LogP contribution in [0.25, 0.3) is 0 Å². The normalized spacial score (nSPS) is 22.4. The number of nitrogens with zero attached hydrogens (tertiary/aromatic N) is 2. The van der Waals surface area contributed by atoms with Gasteiger partial charge in [0.2, 0.25) is 11.7 Å². The van der Waals surface area contributed by atoms with Gasteiger partial charge in [0.05, 0.1) is 6.04 Å². The Labute approximate surface area is 115 Å². The molecule has 2 heterocycles. The highest BCUT2D eigenvalue weighted by atomic mass is 16.5. The van der Waals surface area contributed by atoms with Gasteiger partial charge in [-0.15, -0.1) is 0 Å². The summed E-state index contributed by atoms with van der Waals surface area (Å²) in [5.74, 6) is 1.36. The fourth-order valence-corrected chi connectivity index (χ4v) is 2.44. The van der Waals surface area contributed by atoms with Crippen molar-refractivity contribution in [2.75, 3.05) is 13.2 Å². The summed E-state index contributed by atoms with van der Waals surface area (Å²) in [6.07, 6.45) is 3.37. The van der Waals surface area contributed by atoms with Gasteiger partial charge in [-0.1, -0.05) is 32.3 Å². The Kier molecular flexibility index (Phi) is 4.58. The third-order valence-corrected chi connectivity index (χ3v) is 3.42. The molecule has 0 amide bonds. The number of ether oxygens (including phenoxy) is 1. The summed E-state index contributed by atoms with van der Waals surface area (Å²) in [4.78, 5) is 4.55. The lowest BCUT2D eigenvalue weighted by Crippen LogP contribution is -2.27. The molecule has 1 aliphatic rings. The zero-order valence-corrected chi connectivity index (χ0v) is 12.4. The van der Waals surface area contributed by atoms with Gasteiger partial charge >= 0.3 is 0 Å². The van der Waals surface area contributed by atoms with E-state index in [1.54, 1.807) is 0 Å². The molecule has 1 aromatic rings. The maximum absolute atomic E-state index is 5.79. The molecule has 108 valence electrons. The van der Waals surface area contributed by atoms with Crippen molar-refractivity contribution in [2.24, 2.45) is 5.41 Å². The summed E-state index contributed by atoms with van der Waals surface area (Å²) in [6.45, 7) is 10.0. The molecule has 2 atom stereocenters. The van der Waals surface area contributed by atoms with E-state index in [2.05, 4.69) is 36.2 Å². The highest BCUT2D eigenvalue weighted by molar-refractivity contribution is 5.00. The van der Waals surface area contributed by atoms with Crippen LogP contribution in [0.2, 0.25) is 0 Å². The van der Waals surface area contributed by atoms with Gasteiger partial charge in [-0.3, -0.25) is 0 Å². The quantitative estimate of drug-likeness (QED) is 0.908. The van der Waals surface area contributed by atoms with Gasteiger partial charge in [0.15, 0.2) is 0 Å². The van der Waals surface area contributed by atoms with Gasteiger partial charge in [-0.2, -0.15) is 4.98 Å². The molecule has 0 aliphatic carbocycles. The molecule has 0 radical (unpaired) electrons. The SMILES string of the molecule is CCOC(c1noc([C@H]2CCCCN2)n1)C(C)(C)C. The smallest absolute Gasteiger partial charge is 0.243 e. The number of hydrogen-bond acceptors (Lipinski definition) is 5. The van der Waals surface area contributed by atoms with Crippen LogP contribution in [0.4, 0.5) is 0 Å². The highest BCUT2D eigenvalue weighted by Crippen LogP contribution is 2.35. The van der Waals surface area contributed by atoms with Crippen molar-refractivity contribution in [3.05, 3.63) is 11.7 Å². The Hall–Kier alpha value is -0.940. The van der Waals surface area contributed by atoms with Crippen molar-refractivity contribution in [3.8, 4) is 0 Å². The van der Waals surface area contributed by atoms with E-state index >= 15 is 0 Å². The minimum Gasteiger partial charge on any atom is -0.370 e. The summed E-state index contributed by atoms with van der Waals surface area (Å²) < 4.78 is 11.2. The zero-order valence-electron chi connectivity index (χ0n) is 12.4. The Morgan fingerprint density at radius 1 is 1.42 bits per heavy atom. The minimum absolute atomic E-state index is 0.0445. The fourth-order valence-electron chi connectivity index (χ4n) is 2.44. The van der Waals surface area contributed by atoms with Gasteiger partial charge in [0.25, 0.3) is 0 Å². The number of aromatic nitrogens is 2. The summed E-state index contributed by atoms with van der Waals surface area (Å²) in [5, 5.41) is 7.55. The van der Waals surface area contributed by atoms with Crippen molar-refractivity contribution in [2.45, 2.75) is 59.1 Å². The van der Waals surface area contributed by atoms with E-state index in [9.17, 15) is 0 Å². The molecular weight excluding hydrogens is 242 g/mol. The number of piperidine rings is 1. The van der Waals surface area contributed by atoms with Gasteiger partial charge < -0.3 is 14.6 Å². The Bertz CT molecular complexity index is 392. The Morgan fingerprint density at radius 3 is 2.79 bits per heavy atom. The van der Waals surface area contributed by atoms with Gasteiger partial charge in [-0.05, 0) is 31.7 Å². The Balaban J connectivity index is 2.13. The van der Waals surface area contributed by atoms with Gasteiger partial charge in [0.1, 0.15) is 6.10 Å². The molecular formula is C14H25N3O2. The summed E-state index contributed by atoms with van der Waals surface area (Å²) in [7, 11) is 0. The molecule has 1 aromatic heterocycles. The monoisotopic (exact) mass is 267 g/mol. The number of rotatable bonds is 4. The molecule has 0 aromatic carbocycles. The Morgan fingerprint density at radius 2 is 2.21 bits per heavy atom. The van der Waals surface area contributed by atoms with Crippen molar-refractivity contribution in [1.82, 2.24) is 15.5 Å². The number of nitrogens with one attached hydrogen (secondary N) is 1. The predicted molar refractivity (Wildman–Crippen MR) is 72.7 cm³/mol. The molecule has 5 heteroatoms. The molecule has 1 saturated heterocycles. The second-order valence-corrected chi connectivity index (χ2v) is 6.19. The van der Waals surface area contributed by atoms with Crippen LogP contribution in [-0.4, -0.2) is 23.3 Å². The van der Waals surface area contributed by atoms with Crippen molar-refractivity contribution < 1.29 is 9.26 Å². The predicted octanol–water partition coefficient (Wildman–Crippen LogP) is 3.01. The second kappa shape index (κ2) is 6.01. The lowest BCUT2D eigenvalue weighted by molar-refractivity contribution is -0.0203. The molecule has 1 aliphatic heterocycles. The van der Waals surface area contributed by atoms with Crippen LogP contribution in [0.15, 0.2) is 4.52 Å². The molecule has 0 bridgehead atoms. The first-order valence-electron chi connectivity index (χ1n) is 7.21. The molecule has 1 unspecified atom stereocenters. The third-order valence-electron chi connectivity index (χ3n) is 3.42. The van der Waals surface area contributed by atoms with Crippen LogP contribution >= 0.6 is 0 Å². The summed E-state index contributed by atoms with van der Waals surface area (Å²) in [6, 6.07) is 0.206. The van der Waals surface area contributed by atoms with E-state index in [1.807, 2.05) is 6.92 Å². The lowest BCUT2D eigenvalue weighted by Gasteiger charge is -2.27. The second-order valence-electron chi connectivity index (χ2n) is 6.19. The topological polar surface area (TPSA) is 60.2 Å². The average Bonchev–Trinajstić information content (AvgIpc) is 2.84. The van der Waals surface area contributed by atoms with Crippen LogP contribution in [0.1, 0.15) is 70.8 Å². The van der Waals surface area contributed by atoms with Crippen molar-refractivity contribution in [1.29, 1.82) is 0 Å². The van der Waals surface area contributed by atoms with E-state index < -0.39 is 0 Å². The summed E-state index contributed by atoms with van der Waals surface area (Å²) >= 11 is 0. The lowest BCUT2D eigenvalue weighted by atomic mass is 9.88. The standard InChI is InChI=1S/C14H25N3O2/c1-5-18-11(14(2,3)4)12-16-13(19-17-12)10-8-6-7-9-15-10/h10-11,15H,5-9H2,1-4H3/t10-,11?/m1/s1. The molecule has 0 saturated carbocycles. The van der Waals surface area contributed by atoms with E-state index in [-0.39, 0.29) is 17.6 Å².